The molecule has 0 amide bonds. The molecule has 220 valence electrons. The predicted octanol–water partition coefficient (Wildman–Crippen LogP) is 10.4. The van der Waals surface area contributed by atoms with E-state index >= 15 is 0 Å². The van der Waals surface area contributed by atoms with Gasteiger partial charge in [-0.15, -0.1) is 0 Å². The zero-order chi connectivity index (χ0) is 27.4. The fourth-order valence-electron chi connectivity index (χ4n) is 4.89. The second-order valence-corrected chi connectivity index (χ2v) is 11.6. The van der Waals surface area contributed by atoms with Crippen molar-refractivity contribution in [2.45, 2.75) is 175 Å². The molecule has 0 radical (unpaired) electrons. The molecule has 0 saturated carbocycles. The van der Waals surface area contributed by atoms with Crippen LogP contribution in [0.3, 0.4) is 0 Å². The number of unbranched alkanes of at least 4 members (excludes halogenated alkanes) is 17. The minimum Gasteiger partial charge on any atom is -0.466 e. The van der Waals surface area contributed by atoms with Gasteiger partial charge in [-0.1, -0.05) is 137 Å². The van der Waals surface area contributed by atoms with E-state index in [9.17, 15) is 9.59 Å². The molecule has 4 heteroatoms. The highest BCUT2D eigenvalue weighted by Crippen LogP contribution is 2.23. The minimum atomic E-state index is -0.00936. The molecule has 0 rings (SSSR count). The monoisotopic (exact) mass is 524 g/mol. The third-order valence-electron chi connectivity index (χ3n) is 7.60. The quantitative estimate of drug-likeness (QED) is 0.0754. The maximum atomic E-state index is 12.2. The van der Waals surface area contributed by atoms with E-state index in [2.05, 4.69) is 27.7 Å². The SMILES string of the molecule is CCCCCCCOC(=O)CCCCCCCCCCCCC(CC(=O)OCCCCCCC)C(C)C. The number of esters is 2. The van der Waals surface area contributed by atoms with Gasteiger partial charge in [-0.2, -0.15) is 0 Å². The molecule has 1 unspecified atom stereocenters. The average molecular weight is 525 g/mol. The van der Waals surface area contributed by atoms with Crippen LogP contribution < -0.4 is 0 Å². The molecule has 0 aromatic carbocycles. The van der Waals surface area contributed by atoms with Crippen molar-refractivity contribution in [1.29, 1.82) is 0 Å². The summed E-state index contributed by atoms with van der Waals surface area (Å²) < 4.78 is 10.8. The Morgan fingerprint density at radius 2 is 0.919 bits per heavy atom. The molecule has 0 spiro atoms. The van der Waals surface area contributed by atoms with E-state index in [1.54, 1.807) is 0 Å². The normalized spacial score (nSPS) is 12.1. The molecular weight excluding hydrogens is 460 g/mol. The molecule has 0 heterocycles. The van der Waals surface area contributed by atoms with Gasteiger partial charge in [0.25, 0.3) is 0 Å². The minimum absolute atomic E-state index is 0.00360. The lowest BCUT2D eigenvalue weighted by atomic mass is 9.87. The van der Waals surface area contributed by atoms with E-state index in [1.807, 2.05) is 0 Å². The van der Waals surface area contributed by atoms with Crippen LogP contribution in [-0.2, 0) is 19.1 Å². The Labute approximate surface area is 231 Å². The molecule has 0 N–H and O–H groups in total. The highest BCUT2D eigenvalue weighted by Gasteiger charge is 2.18. The van der Waals surface area contributed by atoms with Crippen LogP contribution in [0.25, 0.3) is 0 Å². The molecule has 4 nitrogen and oxygen atoms in total. The van der Waals surface area contributed by atoms with Gasteiger partial charge in [0.15, 0.2) is 0 Å². The molecule has 0 aliphatic heterocycles. The smallest absolute Gasteiger partial charge is 0.306 e. The number of hydrogen-bond acceptors (Lipinski definition) is 4. The van der Waals surface area contributed by atoms with Crippen LogP contribution in [0.1, 0.15) is 175 Å². The first-order valence-electron chi connectivity index (χ1n) is 16.3. The largest absolute Gasteiger partial charge is 0.466 e. The van der Waals surface area contributed by atoms with Crippen molar-refractivity contribution in [3.63, 3.8) is 0 Å². The molecule has 0 saturated heterocycles. The van der Waals surface area contributed by atoms with Gasteiger partial charge in [0.1, 0.15) is 0 Å². The first kappa shape index (κ1) is 35.9. The molecule has 0 aromatic rings. The van der Waals surface area contributed by atoms with Crippen LogP contribution >= 0.6 is 0 Å². The Morgan fingerprint density at radius 1 is 0.514 bits per heavy atom. The van der Waals surface area contributed by atoms with Crippen LogP contribution in [0.15, 0.2) is 0 Å². The number of carbonyl (C=O) groups excluding carboxylic acids is 2. The van der Waals surface area contributed by atoms with Crippen molar-refractivity contribution >= 4 is 11.9 Å². The van der Waals surface area contributed by atoms with Gasteiger partial charge >= 0.3 is 11.9 Å². The molecule has 0 aromatic heterocycles. The first-order chi connectivity index (χ1) is 18.0. The van der Waals surface area contributed by atoms with Crippen LogP contribution in [0.5, 0.6) is 0 Å². The standard InChI is InChI=1S/C33H64O4/c1-5-7-9-19-23-27-36-32(34)26-22-18-16-14-12-11-13-15-17-21-25-31(30(3)4)29-33(35)37-28-24-20-10-8-6-2/h30-31H,5-29H2,1-4H3. The van der Waals surface area contributed by atoms with Gasteiger partial charge in [0.2, 0.25) is 0 Å². The lowest BCUT2D eigenvalue weighted by molar-refractivity contribution is -0.145. The average Bonchev–Trinajstić information content (AvgIpc) is 2.87. The van der Waals surface area contributed by atoms with Crippen LogP contribution in [-0.4, -0.2) is 25.2 Å². The summed E-state index contributed by atoms with van der Waals surface area (Å²) in [4.78, 5) is 24.0. The van der Waals surface area contributed by atoms with Gasteiger partial charge in [-0.05, 0) is 37.5 Å². The van der Waals surface area contributed by atoms with Gasteiger partial charge in [-0.25, -0.2) is 0 Å². The molecule has 0 fully saturated rings. The summed E-state index contributed by atoms with van der Waals surface area (Å²) in [5, 5.41) is 0. The third kappa shape index (κ3) is 26.3. The third-order valence-corrected chi connectivity index (χ3v) is 7.60. The maximum absolute atomic E-state index is 12.2. The maximum Gasteiger partial charge on any atom is 0.306 e. The number of ether oxygens (including phenoxy) is 2. The number of rotatable bonds is 28. The summed E-state index contributed by atoms with van der Waals surface area (Å²) in [7, 11) is 0. The topological polar surface area (TPSA) is 52.6 Å². The number of carbonyl (C=O) groups is 2. The van der Waals surface area contributed by atoms with Crippen molar-refractivity contribution < 1.29 is 19.1 Å². The van der Waals surface area contributed by atoms with Crippen molar-refractivity contribution in [1.82, 2.24) is 0 Å². The first-order valence-corrected chi connectivity index (χ1v) is 16.3. The van der Waals surface area contributed by atoms with Crippen molar-refractivity contribution in [3.05, 3.63) is 0 Å². The van der Waals surface area contributed by atoms with E-state index in [1.165, 1.54) is 103 Å². The summed E-state index contributed by atoms with van der Waals surface area (Å²) in [5.41, 5.74) is 0. The lowest BCUT2D eigenvalue weighted by Gasteiger charge is -2.20. The summed E-state index contributed by atoms with van der Waals surface area (Å²) >= 11 is 0. The van der Waals surface area contributed by atoms with Crippen molar-refractivity contribution in [2.75, 3.05) is 13.2 Å². The summed E-state index contributed by atoms with van der Waals surface area (Å²) in [6.07, 6.45) is 26.6. The fourth-order valence-corrected chi connectivity index (χ4v) is 4.89. The van der Waals surface area contributed by atoms with Gasteiger partial charge < -0.3 is 9.47 Å². The fraction of sp³-hybridized carbons (Fsp3) is 0.939. The van der Waals surface area contributed by atoms with Crippen LogP contribution in [0.2, 0.25) is 0 Å². The molecule has 1 atom stereocenters. The summed E-state index contributed by atoms with van der Waals surface area (Å²) in [5.74, 6) is 0.985. The van der Waals surface area contributed by atoms with E-state index < -0.39 is 0 Å². The zero-order valence-electron chi connectivity index (χ0n) is 25.5. The second-order valence-electron chi connectivity index (χ2n) is 11.6. The second kappa shape index (κ2) is 28.0. The molecule has 37 heavy (non-hydrogen) atoms. The molecule has 0 aliphatic carbocycles. The highest BCUT2D eigenvalue weighted by atomic mass is 16.5. The van der Waals surface area contributed by atoms with E-state index in [0.29, 0.717) is 37.9 Å². The Kier molecular flexibility index (Phi) is 27.2. The predicted molar refractivity (Wildman–Crippen MR) is 158 cm³/mol. The Hall–Kier alpha value is -1.06. The summed E-state index contributed by atoms with van der Waals surface area (Å²) in [6.45, 7) is 10.1. The molecule has 0 bridgehead atoms. The summed E-state index contributed by atoms with van der Waals surface area (Å²) in [6, 6.07) is 0. The number of hydrogen-bond donors (Lipinski definition) is 0. The van der Waals surface area contributed by atoms with E-state index in [-0.39, 0.29) is 11.9 Å². The van der Waals surface area contributed by atoms with Gasteiger partial charge in [0.05, 0.1) is 13.2 Å². The van der Waals surface area contributed by atoms with Crippen LogP contribution in [0.4, 0.5) is 0 Å². The van der Waals surface area contributed by atoms with Gasteiger partial charge in [0, 0.05) is 12.8 Å². The Bertz CT molecular complexity index is 503. The van der Waals surface area contributed by atoms with Gasteiger partial charge in [-0.3, -0.25) is 9.59 Å². The Balaban J connectivity index is 3.53. The molecular formula is C33H64O4. The van der Waals surface area contributed by atoms with Crippen molar-refractivity contribution in [3.8, 4) is 0 Å². The Morgan fingerprint density at radius 3 is 1.41 bits per heavy atom. The van der Waals surface area contributed by atoms with E-state index in [0.717, 1.165) is 32.1 Å². The van der Waals surface area contributed by atoms with Crippen molar-refractivity contribution in [2.24, 2.45) is 11.8 Å². The molecule has 0 aliphatic rings. The highest BCUT2D eigenvalue weighted by molar-refractivity contribution is 5.69. The lowest BCUT2D eigenvalue weighted by Crippen LogP contribution is -2.17. The van der Waals surface area contributed by atoms with Crippen LogP contribution in [0, 0.1) is 11.8 Å². The zero-order valence-corrected chi connectivity index (χ0v) is 25.5. The van der Waals surface area contributed by atoms with E-state index in [4.69, 9.17) is 9.47 Å².